The maximum Gasteiger partial charge on any atom is 0.164 e. The van der Waals surface area contributed by atoms with E-state index in [-0.39, 0.29) is 0 Å². The maximum atomic E-state index is 4.94. The Kier molecular flexibility index (Phi) is 7.81. The first-order valence-electron chi connectivity index (χ1n) is 18.3. The highest BCUT2D eigenvalue weighted by Gasteiger charge is 2.14. The van der Waals surface area contributed by atoms with E-state index in [0.29, 0.717) is 17.5 Å². The van der Waals surface area contributed by atoms with E-state index in [2.05, 4.69) is 140 Å². The summed E-state index contributed by atoms with van der Waals surface area (Å²) in [7, 11) is 0. The largest absolute Gasteiger partial charge is 0.208 e. The molecule has 0 spiro atoms. The van der Waals surface area contributed by atoms with Crippen molar-refractivity contribution in [3.05, 3.63) is 200 Å². The van der Waals surface area contributed by atoms with Crippen LogP contribution in [0.1, 0.15) is 0 Å². The van der Waals surface area contributed by atoms with Crippen molar-refractivity contribution in [3.63, 3.8) is 0 Å². The van der Waals surface area contributed by atoms with Gasteiger partial charge in [0, 0.05) is 16.7 Å². The highest BCUT2D eigenvalue weighted by Crippen LogP contribution is 2.38. The molecule has 10 rings (SSSR count). The van der Waals surface area contributed by atoms with Crippen LogP contribution in [0.15, 0.2) is 200 Å². The second kappa shape index (κ2) is 13.4. The zero-order valence-corrected chi connectivity index (χ0v) is 29.4. The van der Waals surface area contributed by atoms with Crippen LogP contribution in [0.25, 0.3) is 99.9 Å². The Morgan fingerprint density at radius 2 is 0.630 bits per heavy atom. The maximum absolute atomic E-state index is 4.94. The molecule has 3 heteroatoms. The third-order valence-corrected chi connectivity index (χ3v) is 10.3. The highest BCUT2D eigenvalue weighted by molar-refractivity contribution is 6.02. The third kappa shape index (κ3) is 5.88. The van der Waals surface area contributed by atoms with Gasteiger partial charge in [0.2, 0.25) is 0 Å². The molecule has 54 heavy (non-hydrogen) atoms. The van der Waals surface area contributed by atoms with Crippen molar-refractivity contribution in [1.82, 2.24) is 15.0 Å². The van der Waals surface area contributed by atoms with Crippen LogP contribution in [0, 0.1) is 0 Å². The van der Waals surface area contributed by atoms with Crippen LogP contribution in [-0.4, -0.2) is 15.0 Å². The van der Waals surface area contributed by atoms with Gasteiger partial charge < -0.3 is 0 Å². The smallest absolute Gasteiger partial charge is 0.164 e. The van der Waals surface area contributed by atoms with Crippen LogP contribution < -0.4 is 0 Å². The van der Waals surface area contributed by atoms with Gasteiger partial charge in [0.05, 0.1) is 0 Å². The van der Waals surface area contributed by atoms with Crippen molar-refractivity contribution in [2.45, 2.75) is 0 Å². The summed E-state index contributed by atoms with van der Waals surface area (Å²) in [5, 5.41) is 7.25. The van der Waals surface area contributed by atoms with E-state index in [4.69, 9.17) is 15.0 Å². The van der Waals surface area contributed by atoms with E-state index in [1.54, 1.807) is 0 Å². The van der Waals surface area contributed by atoms with Crippen molar-refractivity contribution in [2.24, 2.45) is 0 Å². The molecule has 0 N–H and O–H groups in total. The number of hydrogen-bond donors (Lipinski definition) is 0. The standard InChI is InChI=1S/C51H33N3/c1-3-13-35(14-4-1)49-52-50(36-15-5-2-6-16-36)54-51(53-49)44-29-27-40-31-38(23-25-42(40)33-44)37-22-24-41-32-43(28-26-39(41)30-37)46-19-9-10-20-47(46)48-21-11-17-34-12-7-8-18-45(34)48/h1-33H. The molecule has 1 heterocycles. The van der Waals surface area contributed by atoms with Gasteiger partial charge >= 0.3 is 0 Å². The van der Waals surface area contributed by atoms with E-state index in [9.17, 15) is 0 Å². The van der Waals surface area contributed by atoms with E-state index < -0.39 is 0 Å². The molecule has 0 aliphatic rings. The molecule has 0 saturated carbocycles. The van der Waals surface area contributed by atoms with Gasteiger partial charge in [0.25, 0.3) is 0 Å². The van der Waals surface area contributed by atoms with E-state index in [0.717, 1.165) is 27.5 Å². The Labute approximate surface area is 313 Å². The van der Waals surface area contributed by atoms with Crippen molar-refractivity contribution >= 4 is 32.3 Å². The van der Waals surface area contributed by atoms with E-state index in [1.165, 1.54) is 54.9 Å². The molecule has 1 aromatic heterocycles. The summed E-state index contributed by atoms with van der Waals surface area (Å²) in [4.78, 5) is 14.7. The zero-order chi connectivity index (χ0) is 35.8. The number of fused-ring (bicyclic) bond motifs is 3. The van der Waals surface area contributed by atoms with Gasteiger partial charge in [-0.2, -0.15) is 0 Å². The minimum absolute atomic E-state index is 0.655. The van der Waals surface area contributed by atoms with Crippen molar-refractivity contribution < 1.29 is 0 Å². The molecular formula is C51H33N3. The first kappa shape index (κ1) is 31.5. The minimum atomic E-state index is 0.655. The number of aromatic nitrogens is 3. The Morgan fingerprint density at radius 3 is 1.24 bits per heavy atom. The first-order chi connectivity index (χ1) is 26.7. The number of rotatable bonds is 6. The molecule has 0 aliphatic heterocycles. The lowest BCUT2D eigenvalue weighted by Gasteiger charge is -2.14. The van der Waals surface area contributed by atoms with E-state index >= 15 is 0 Å². The van der Waals surface area contributed by atoms with Gasteiger partial charge in [0.15, 0.2) is 17.5 Å². The Bertz CT molecular complexity index is 2930. The Balaban J connectivity index is 0.978. The van der Waals surface area contributed by atoms with Gasteiger partial charge in [-0.15, -0.1) is 0 Å². The lowest BCUT2D eigenvalue weighted by Crippen LogP contribution is -2.00. The second-order valence-electron chi connectivity index (χ2n) is 13.7. The normalized spacial score (nSPS) is 11.3. The predicted octanol–water partition coefficient (Wildman–Crippen LogP) is 13.3. The average Bonchev–Trinajstić information content (AvgIpc) is 3.26. The van der Waals surface area contributed by atoms with E-state index in [1.807, 2.05) is 60.7 Å². The molecule has 0 bridgehead atoms. The second-order valence-corrected chi connectivity index (χ2v) is 13.7. The van der Waals surface area contributed by atoms with Crippen LogP contribution >= 0.6 is 0 Å². The van der Waals surface area contributed by atoms with Gasteiger partial charge in [-0.05, 0) is 90.0 Å². The van der Waals surface area contributed by atoms with Crippen molar-refractivity contribution in [1.29, 1.82) is 0 Å². The lowest BCUT2D eigenvalue weighted by atomic mass is 9.90. The fraction of sp³-hybridized carbons (Fsp3) is 0. The topological polar surface area (TPSA) is 38.7 Å². The molecular weight excluding hydrogens is 655 g/mol. The molecule has 0 atom stereocenters. The Morgan fingerprint density at radius 1 is 0.222 bits per heavy atom. The molecule has 0 aliphatic carbocycles. The van der Waals surface area contributed by atoms with Gasteiger partial charge in [-0.1, -0.05) is 176 Å². The van der Waals surface area contributed by atoms with Crippen LogP contribution in [-0.2, 0) is 0 Å². The monoisotopic (exact) mass is 687 g/mol. The summed E-state index contributed by atoms with van der Waals surface area (Å²) in [5.41, 5.74) is 10.2. The SMILES string of the molecule is c1ccc(-c2nc(-c3ccccc3)nc(-c3ccc4cc(-c5ccc6cc(-c7ccccc7-c7cccc8ccccc78)ccc6c5)ccc4c3)n2)cc1. The summed E-state index contributed by atoms with van der Waals surface area (Å²) in [6.45, 7) is 0. The number of benzene rings is 9. The quantitative estimate of drug-likeness (QED) is 0.175. The summed E-state index contributed by atoms with van der Waals surface area (Å²) < 4.78 is 0. The molecule has 0 fully saturated rings. The minimum Gasteiger partial charge on any atom is -0.208 e. The molecule has 0 radical (unpaired) electrons. The molecule has 252 valence electrons. The van der Waals surface area contributed by atoms with Gasteiger partial charge in [-0.25, -0.2) is 15.0 Å². The van der Waals surface area contributed by atoms with Crippen LogP contribution in [0.3, 0.4) is 0 Å². The molecule has 3 nitrogen and oxygen atoms in total. The highest BCUT2D eigenvalue weighted by atomic mass is 15.0. The molecule has 0 saturated heterocycles. The van der Waals surface area contributed by atoms with Crippen LogP contribution in [0.4, 0.5) is 0 Å². The first-order valence-corrected chi connectivity index (χ1v) is 18.3. The molecule has 0 unspecified atom stereocenters. The number of nitrogens with zero attached hydrogens (tertiary/aromatic N) is 3. The summed E-state index contributed by atoms with van der Waals surface area (Å²) in [5.74, 6) is 1.97. The Hall–Kier alpha value is -7.23. The molecule has 9 aromatic carbocycles. The van der Waals surface area contributed by atoms with Crippen LogP contribution in [0.2, 0.25) is 0 Å². The van der Waals surface area contributed by atoms with Crippen LogP contribution in [0.5, 0.6) is 0 Å². The van der Waals surface area contributed by atoms with Crippen molar-refractivity contribution in [3.8, 4) is 67.5 Å². The average molecular weight is 688 g/mol. The predicted molar refractivity (Wildman–Crippen MR) is 225 cm³/mol. The summed E-state index contributed by atoms with van der Waals surface area (Å²) >= 11 is 0. The van der Waals surface area contributed by atoms with Crippen molar-refractivity contribution in [2.75, 3.05) is 0 Å². The fourth-order valence-electron chi connectivity index (χ4n) is 7.52. The van der Waals surface area contributed by atoms with Gasteiger partial charge in [-0.3, -0.25) is 0 Å². The molecule has 0 amide bonds. The lowest BCUT2D eigenvalue weighted by molar-refractivity contribution is 1.07. The number of hydrogen-bond acceptors (Lipinski definition) is 3. The fourth-order valence-corrected chi connectivity index (χ4v) is 7.52. The molecule has 10 aromatic rings. The zero-order valence-electron chi connectivity index (χ0n) is 29.4. The van der Waals surface area contributed by atoms with Gasteiger partial charge in [0.1, 0.15) is 0 Å². The summed E-state index contributed by atoms with van der Waals surface area (Å²) in [6.07, 6.45) is 0. The third-order valence-electron chi connectivity index (χ3n) is 10.3. The summed E-state index contributed by atoms with van der Waals surface area (Å²) in [6, 6.07) is 70.9.